The Bertz CT molecular complexity index is 1010. The molecule has 0 amide bonds. The molecule has 0 spiro atoms. The van der Waals surface area contributed by atoms with E-state index in [0.29, 0.717) is 17.9 Å². The number of fused-ring (bicyclic) bond motifs is 2. The quantitative estimate of drug-likeness (QED) is 0.742. The molecular weight excluding hydrogens is 346 g/mol. The molecule has 9 heteroatoms. The number of sulfonamides is 1. The van der Waals surface area contributed by atoms with Gasteiger partial charge in [-0.05, 0) is 49.4 Å². The molecule has 1 N–H and O–H groups in total. The lowest BCUT2D eigenvalue weighted by Gasteiger charge is -2.07. The van der Waals surface area contributed by atoms with Crippen LogP contribution in [0.1, 0.15) is 28.4 Å². The minimum absolute atomic E-state index is 0.308. The standard InChI is InChI=1S/C15H17N5O2S2/c1-10-17-18-15-20(10)19-14(23-15)7-8-16-24(21,22)13-6-5-11-3-2-4-12(11)9-13/h5-6,9,16H,2-4,7-8H2,1H3. The Hall–Kier alpha value is -1.84. The van der Waals surface area contributed by atoms with Crippen molar-refractivity contribution < 1.29 is 8.42 Å². The van der Waals surface area contributed by atoms with Gasteiger partial charge in [-0.15, -0.1) is 10.2 Å². The molecule has 0 aliphatic heterocycles. The van der Waals surface area contributed by atoms with E-state index in [2.05, 4.69) is 20.0 Å². The minimum atomic E-state index is -3.48. The highest BCUT2D eigenvalue weighted by molar-refractivity contribution is 7.89. The van der Waals surface area contributed by atoms with Gasteiger partial charge in [-0.2, -0.15) is 9.61 Å². The summed E-state index contributed by atoms with van der Waals surface area (Å²) in [6, 6.07) is 5.43. The summed E-state index contributed by atoms with van der Waals surface area (Å²) in [6.45, 7) is 2.14. The Morgan fingerprint density at radius 3 is 2.92 bits per heavy atom. The van der Waals surface area contributed by atoms with Crippen LogP contribution in [-0.4, -0.2) is 34.8 Å². The number of hydrogen-bond donors (Lipinski definition) is 1. The van der Waals surface area contributed by atoms with Crippen LogP contribution in [0.25, 0.3) is 4.96 Å². The Kier molecular flexibility index (Phi) is 3.86. The van der Waals surface area contributed by atoms with Crippen LogP contribution in [0.4, 0.5) is 0 Å². The van der Waals surface area contributed by atoms with E-state index in [1.165, 1.54) is 16.9 Å². The second kappa shape index (κ2) is 5.91. The first-order chi connectivity index (χ1) is 11.5. The summed E-state index contributed by atoms with van der Waals surface area (Å²) in [5.74, 6) is 0.728. The summed E-state index contributed by atoms with van der Waals surface area (Å²) in [5, 5.41) is 13.2. The van der Waals surface area contributed by atoms with E-state index in [4.69, 9.17) is 0 Å². The van der Waals surface area contributed by atoms with E-state index >= 15 is 0 Å². The van der Waals surface area contributed by atoms with E-state index in [-0.39, 0.29) is 0 Å². The van der Waals surface area contributed by atoms with Gasteiger partial charge < -0.3 is 0 Å². The zero-order valence-electron chi connectivity index (χ0n) is 13.2. The Morgan fingerprint density at radius 1 is 1.25 bits per heavy atom. The number of nitrogens with zero attached hydrogens (tertiary/aromatic N) is 4. The fourth-order valence-electron chi connectivity index (χ4n) is 2.95. The number of aryl methyl sites for hydroxylation is 3. The van der Waals surface area contributed by atoms with Crippen molar-refractivity contribution in [2.75, 3.05) is 6.54 Å². The third kappa shape index (κ3) is 2.83. The lowest BCUT2D eigenvalue weighted by Crippen LogP contribution is -2.26. The van der Waals surface area contributed by atoms with Gasteiger partial charge >= 0.3 is 0 Å². The molecule has 0 saturated heterocycles. The van der Waals surface area contributed by atoms with Crippen LogP contribution in [0.2, 0.25) is 0 Å². The molecule has 1 aromatic carbocycles. The highest BCUT2D eigenvalue weighted by Crippen LogP contribution is 2.24. The largest absolute Gasteiger partial charge is 0.240 e. The fourth-order valence-corrected chi connectivity index (χ4v) is 4.91. The number of rotatable bonds is 5. The average molecular weight is 363 g/mol. The van der Waals surface area contributed by atoms with Crippen molar-refractivity contribution >= 4 is 26.3 Å². The molecular formula is C15H17N5O2S2. The summed E-state index contributed by atoms with van der Waals surface area (Å²) < 4.78 is 29.2. The molecule has 0 saturated carbocycles. The van der Waals surface area contributed by atoms with Crippen molar-refractivity contribution in [3.8, 4) is 0 Å². The Labute approximate surface area is 143 Å². The number of hydrogen-bond acceptors (Lipinski definition) is 6. The second-order valence-electron chi connectivity index (χ2n) is 5.87. The van der Waals surface area contributed by atoms with Gasteiger partial charge in [0, 0.05) is 13.0 Å². The minimum Gasteiger partial charge on any atom is -0.211 e. The van der Waals surface area contributed by atoms with Gasteiger partial charge in [-0.1, -0.05) is 17.4 Å². The second-order valence-corrected chi connectivity index (χ2v) is 8.68. The first kappa shape index (κ1) is 15.7. The molecule has 2 aromatic heterocycles. The van der Waals surface area contributed by atoms with Gasteiger partial charge in [0.1, 0.15) is 5.01 Å². The molecule has 4 rings (SSSR count). The maximum atomic E-state index is 12.4. The molecule has 0 unspecified atom stereocenters. The monoisotopic (exact) mass is 363 g/mol. The molecule has 1 aliphatic carbocycles. The van der Waals surface area contributed by atoms with Gasteiger partial charge in [0.25, 0.3) is 0 Å². The molecule has 0 atom stereocenters. The van der Waals surface area contributed by atoms with Crippen molar-refractivity contribution in [2.45, 2.75) is 37.5 Å². The molecule has 24 heavy (non-hydrogen) atoms. The molecule has 1 aliphatic rings. The molecule has 7 nitrogen and oxygen atoms in total. The third-order valence-corrected chi connectivity index (χ3v) is 6.62. The maximum absolute atomic E-state index is 12.4. The highest BCUT2D eigenvalue weighted by atomic mass is 32.2. The number of nitrogens with one attached hydrogen (secondary N) is 1. The zero-order valence-corrected chi connectivity index (χ0v) is 14.8. The Balaban J connectivity index is 1.44. The van der Waals surface area contributed by atoms with Gasteiger partial charge in [-0.25, -0.2) is 13.1 Å². The topological polar surface area (TPSA) is 89.2 Å². The zero-order chi connectivity index (χ0) is 16.7. The molecule has 0 radical (unpaired) electrons. The van der Waals surface area contributed by atoms with Crippen molar-refractivity contribution in [1.82, 2.24) is 24.5 Å². The van der Waals surface area contributed by atoms with E-state index < -0.39 is 10.0 Å². The molecule has 3 aromatic rings. The van der Waals surface area contributed by atoms with E-state index in [0.717, 1.165) is 40.6 Å². The smallest absolute Gasteiger partial charge is 0.211 e. The van der Waals surface area contributed by atoms with Crippen LogP contribution in [0.5, 0.6) is 0 Å². The van der Waals surface area contributed by atoms with Gasteiger partial charge in [0.2, 0.25) is 15.0 Å². The van der Waals surface area contributed by atoms with Crippen molar-refractivity contribution in [3.63, 3.8) is 0 Å². The number of aromatic nitrogens is 4. The molecule has 0 bridgehead atoms. The summed E-state index contributed by atoms with van der Waals surface area (Å²) >= 11 is 1.42. The van der Waals surface area contributed by atoms with Crippen molar-refractivity contribution in [1.29, 1.82) is 0 Å². The van der Waals surface area contributed by atoms with E-state index in [1.54, 1.807) is 16.6 Å². The average Bonchev–Trinajstić information content (AvgIpc) is 3.24. The molecule has 2 heterocycles. The molecule has 126 valence electrons. The number of benzene rings is 1. The van der Waals surface area contributed by atoms with Crippen LogP contribution < -0.4 is 4.72 Å². The van der Waals surface area contributed by atoms with Crippen LogP contribution in [0.3, 0.4) is 0 Å². The lowest BCUT2D eigenvalue weighted by atomic mass is 10.1. The van der Waals surface area contributed by atoms with Crippen molar-refractivity contribution in [2.24, 2.45) is 0 Å². The van der Waals surface area contributed by atoms with Crippen LogP contribution in [0.15, 0.2) is 23.1 Å². The Morgan fingerprint density at radius 2 is 2.08 bits per heavy atom. The predicted molar refractivity (Wildman–Crippen MR) is 90.8 cm³/mol. The summed E-state index contributed by atoms with van der Waals surface area (Å²) in [5.41, 5.74) is 2.42. The van der Waals surface area contributed by atoms with Gasteiger partial charge in [-0.3, -0.25) is 0 Å². The predicted octanol–water partition coefficient (Wildman–Crippen LogP) is 1.50. The van der Waals surface area contributed by atoms with E-state index in [1.807, 2.05) is 13.0 Å². The SMILES string of the molecule is Cc1nnc2sc(CCNS(=O)(=O)c3ccc4c(c3)CCC4)nn12. The summed E-state index contributed by atoms with van der Waals surface area (Å²) in [6.07, 6.45) is 3.64. The van der Waals surface area contributed by atoms with Gasteiger partial charge in [0.05, 0.1) is 4.90 Å². The van der Waals surface area contributed by atoms with Crippen molar-refractivity contribution in [3.05, 3.63) is 40.2 Å². The fraction of sp³-hybridized carbons (Fsp3) is 0.400. The van der Waals surface area contributed by atoms with Crippen LogP contribution in [-0.2, 0) is 29.3 Å². The normalized spacial score (nSPS) is 14.4. The maximum Gasteiger partial charge on any atom is 0.240 e. The van der Waals surface area contributed by atoms with Gasteiger partial charge in [0.15, 0.2) is 5.82 Å². The lowest BCUT2D eigenvalue weighted by molar-refractivity contribution is 0.581. The highest BCUT2D eigenvalue weighted by Gasteiger charge is 2.18. The summed E-state index contributed by atoms with van der Waals surface area (Å²) in [7, 11) is -3.48. The first-order valence-electron chi connectivity index (χ1n) is 7.82. The van der Waals surface area contributed by atoms with Crippen LogP contribution in [0, 0.1) is 6.92 Å². The first-order valence-corrected chi connectivity index (χ1v) is 10.1. The summed E-state index contributed by atoms with van der Waals surface area (Å²) in [4.78, 5) is 1.07. The third-order valence-electron chi connectivity index (χ3n) is 4.20. The molecule has 0 fully saturated rings. The van der Waals surface area contributed by atoms with Crippen LogP contribution >= 0.6 is 11.3 Å². The van der Waals surface area contributed by atoms with E-state index in [9.17, 15) is 8.42 Å².